The van der Waals surface area contributed by atoms with Crippen molar-refractivity contribution in [1.82, 2.24) is 4.90 Å². The molecule has 0 spiro atoms. The van der Waals surface area contributed by atoms with Crippen LogP contribution in [0.25, 0.3) is 11.1 Å². The molecule has 1 aliphatic heterocycles. The van der Waals surface area contributed by atoms with Gasteiger partial charge in [-0.1, -0.05) is 109 Å². The molecule has 8 nitrogen and oxygen atoms in total. The summed E-state index contributed by atoms with van der Waals surface area (Å²) in [4.78, 5) is 57.8. The SMILES string of the molecule is CCOC(=O)CC1(CC(=O)OCC)C(=O)CN(C2(c3ccccc3)c3ccccc3-c3ccccc32)[C@@H]1C(=O)OCc1ccccc1. The Morgan fingerprint density at radius 3 is 1.70 bits per heavy atom. The number of rotatable bonds is 11. The van der Waals surface area contributed by atoms with Crippen molar-refractivity contribution in [1.29, 1.82) is 0 Å². The number of likely N-dealkylation sites (tertiary alicyclic amines) is 1. The summed E-state index contributed by atoms with van der Waals surface area (Å²) in [5.74, 6) is -2.52. The van der Waals surface area contributed by atoms with E-state index in [9.17, 15) is 19.2 Å². The quantitative estimate of drug-likeness (QED) is 0.150. The zero-order chi connectivity index (χ0) is 33.0. The van der Waals surface area contributed by atoms with Crippen molar-refractivity contribution in [3.05, 3.63) is 131 Å². The summed E-state index contributed by atoms with van der Waals surface area (Å²) in [5, 5.41) is 0. The van der Waals surface area contributed by atoms with Crippen LogP contribution in [0.5, 0.6) is 0 Å². The van der Waals surface area contributed by atoms with E-state index < -0.39 is 53.5 Å². The third-order valence-electron chi connectivity index (χ3n) is 9.23. The minimum atomic E-state index is -1.82. The van der Waals surface area contributed by atoms with E-state index in [1.54, 1.807) is 13.8 Å². The predicted octanol–water partition coefficient (Wildman–Crippen LogP) is 5.85. The number of benzene rings is 4. The molecule has 4 aromatic rings. The molecule has 1 fully saturated rings. The first-order chi connectivity index (χ1) is 22.9. The maximum Gasteiger partial charge on any atom is 0.324 e. The van der Waals surface area contributed by atoms with E-state index in [2.05, 4.69) is 0 Å². The molecule has 240 valence electrons. The number of nitrogens with zero attached hydrogens (tertiary/aromatic N) is 1. The number of hydrogen-bond donors (Lipinski definition) is 0. The highest BCUT2D eigenvalue weighted by Gasteiger charge is 2.66. The van der Waals surface area contributed by atoms with Crippen LogP contribution in [0.1, 0.15) is 48.9 Å². The summed E-state index contributed by atoms with van der Waals surface area (Å²) in [6.45, 7) is 3.19. The van der Waals surface area contributed by atoms with Crippen molar-refractivity contribution >= 4 is 23.7 Å². The normalized spacial score (nSPS) is 17.4. The molecule has 47 heavy (non-hydrogen) atoms. The Labute approximate surface area is 274 Å². The third kappa shape index (κ3) is 5.52. The first-order valence-electron chi connectivity index (χ1n) is 15.9. The van der Waals surface area contributed by atoms with Gasteiger partial charge >= 0.3 is 17.9 Å². The van der Waals surface area contributed by atoms with E-state index in [1.807, 2.05) is 114 Å². The Bertz CT molecular complexity index is 1720. The van der Waals surface area contributed by atoms with E-state index in [0.29, 0.717) is 0 Å². The third-order valence-corrected chi connectivity index (χ3v) is 9.23. The molecule has 0 bridgehead atoms. The predicted molar refractivity (Wildman–Crippen MR) is 175 cm³/mol. The molecule has 0 N–H and O–H groups in total. The molecule has 0 radical (unpaired) electrons. The first kappa shape index (κ1) is 31.9. The van der Waals surface area contributed by atoms with Crippen molar-refractivity contribution in [2.24, 2.45) is 5.41 Å². The lowest BCUT2D eigenvalue weighted by Gasteiger charge is -2.45. The fourth-order valence-electron chi connectivity index (χ4n) is 7.40. The van der Waals surface area contributed by atoms with Gasteiger partial charge in [0.05, 0.1) is 43.6 Å². The number of hydrogen-bond acceptors (Lipinski definition) is 8. The molecule has 1 saturated heterocycles. The van der Waals surface area contributed by atoms with Gasteiger partial charge in [0.2, 0.25) is 0 Å². The Hall–Kier alpha value is -5.08. The van der Waals surface area contributed by atoms with Gasteiger partial charge in [0.15, 0.2) is 5.78 Å². The highest BCUT2D eigenvalue weighted by Crippen LogP contribution is 2.58. The molecule has 0 saturated carbocycles. The largest absolute Gasteiger partial charge is 0.466 e. The molecular weight excluding hydrogens is 594 g/mol. The van der Waals surface area contributed by atoms with E-state index in [-0.39, 0.29) is 26.4 Å². The van der Waals surface area contributed by atoms with Crippen LogP contribution in [-0.2, 0) is 45.5 Å². The van der Waals surface area contributed by atoms with Crippen molar-refractivity contribution < 1.29 is 33.4 Å². The molecule has 0 aromatic heterocycles. The lowest BCUT2D eigenvalue weighted by Crippen LogP contribution is -2.57. The van der Waals surface area contributed by atoms with Crippen LogP contribution in [0.2, 0.25) is 0 Å². The van der Waals surface area contributed by atoms with Crippen molar-refractivity contribution in [3.63, 3.8) is 0 Å². The number of fused-ring (bicyclic) bond motifs is 3. The second-order valence-corrected chi connectivity index (χ2v) is 11.8. The maximum absolute atomic E-state index is 14.7. The highest BCUT2D eigenvalue weighted by atomic mass is 16.5. The fourth-order valence-corrected chi connectivity index (χ4v) is 7.40. The van der Waals surface area contributed by atoms with Crippen LogP contribution in [0, 0.1) is 5.41 Å². The van der Waals surface area contributed by atoms with E-state index in [0.717, 1.165) is 33.4 Å². The van der Waals surface area contributed by atoms with Crippen molar-refractivity contribution in [3.8, 4) is 11.1 Å². The molecule has 1 heterocycles. The zero-order valence-corrected chi connectivity index (χ0v) is 26.5. The average molecular weight is 632 g/mol. The zero-order valence-electron chi connectivity index (χ0n) is 26.5. The standard InChI is InChI=1S/C39H37NO7/c1-3-45-34(42)23-38(24-35(43)46-4-2)33(41)25-40(36(38)37(44)47-26-27-15-7-5-8-16-27)39(28-17-9-6-10-18-28)31-21-13-11-19-29(31)30-20-12-14-22-32(30)39/h5-22,36H,3-4,23-26H2,1-2H3/t36-/m1/s1. The van der Waals surface area contributed by atoms with Gasteiger partial charge < -0.3 is 14.2 Å². The Morgan fingerprint density at radius 2 is 1.17 bits per heavy atom. The summed E-state index contributed by atoms with van der Waals surface area (Å²) >= 11 is 0. The highest BCUT2D eigenvalue weighted by molar-refractivity contribution is 6.02. The maximum atomic E-state index is 14.7. The topological polar surface area (TPSA) is 99.2 Å². The van der Waals surface area contributed by atoms with Crippen molar-refractivity contribution in [2.45, 2.75) is 44.9 Å². The molecule has 1 atom stereocenters. The van der Waals surface area contributed by atoms with Crippen LogP contribution >= 0.6 is 0 Å². The molecule has 0 unspecified atom stereocenters. The number of carbonyl (C=O) groups is 4. The fraction of sp³-hybridized carbons (Fsp3) is 0.282. The van der Waals surface area contributed by atoms with Crippen molar-refractivity contribution in [2.75, 3.05) is 19.8 Å². The van der Waals surface area contributed by atoms with Crippen LogP contribution in [0.4, 0.5) is 0 Å². The molecule has 2 aliphatic rings. The monoisotopic (exact) mass is 631 g/mol. The minimum Gasteiger partial charge on any atom is -0.466 e. The van der Waals surface area contributed by atoms with Crippen LogP contribution in [0.15, 0.2) is 109 Å². The van der Waals surface area contributed by atoms with Gasteiger partial charge in [-0.2, -0.15) is 0 Å². The number of ether oxygens (including phenoxy) is 3. The van der Waals surface area contributed by atoms with E-state index in [1.165, 1.54) is 0 Å². The van der Waals surface area contributed by atoms with Gasteiger partial charge in [-0.05, 0) is 47.2 Å². The summed E-state index contributed by atoms with van der Waals surface area (Å²) in [6.07, 6.45) is -0.984. The molecule has 0 amide bonds. The Morgan fingerprint density at radius 1 is 0.681 bits per heavy atom. The summed E-state index contributed by atoms with van der Waals surface area (Å²) in [5.41, 5.74) is 2.30. The van der Waals surface area contributed by atoms with E-state index in [4.69, 9.17) is 14.2 Å². The molecule has 4 aromatic carbocycles. The summed E-state index contributed by atoms with van der Waals surface area (Å²) < 4.78 is 16.7. The molecule has 8 heteroatoms. The Kier molecular flexibility index (Phi) is 9.05. The number of esters is 3. The van der Waals surface area contributed by atoms with Gasteiger partial charge in [0, 0.05) is 0 Å². The van der Waals surface area contributed by atoms with Gasteiger partial charge in [-0.3, -0.25) is 24.1 Å². The molecule has 1 aliphatic carbocycles. The smallest absolute Gasteiger partial charge is 0.324 e. The van der Waals surface area contributed by atoms with Crippen LogP contribution in [-0.4, -0.2) is 54.4 Å². The van der Waals surface area contributed by atoms with Gasteiger partial charge in [-0.15, -0.1) is 0 Å². The lowest BCUT2D eigenvalue weighted by atomic mass is 9.71. The van der Waals surface area contributed by atoms with Gasteiger partial charge in [0.1, 0.15) is 12.6 Å². The number of ketones is 1. The van der Waals surface area contributed by atoms with Gasteiger partial charge in [-0.25, -0.2) is 0 Å². The molecule has 6 rings (SSSR count). The first-order valence-corrected chi connectivity index (χ1v) is 15.9. The molecular formula is C39H37NO7. The van der Waals surface area contributed by atoms with Crippen LogP contribution in [0.3, 0.4) is 0 Å². The summed E-state index contributed by atoms with van der Waals surface area (Å²) in [6, 6.07) is 33.5. The second-order valence-electron chi connectivity index (χ2n) is 11.8. The number of Topliss-reactive ketones (excluding diaryl/α,β-unsaturated/α-hetero) is 1. The Balaban J connectivity index is 1.60. The second kappa shape index (κ2) is 13.3. The van der Waals surface area contributed by atoms with Crippen LogP contribution < -0.4 is 0 Å². The van der Waals surface area contributed by atoms with E-state index >= 15 is 0 Å². The lowest BCUT2D eigenvalue weighted by molar-refractivity contribution is -0.163. The minimum absolute atomic E-state index is 0.0569. The summed E-state index contributed by atoms with van der Waals surface area (Å²) in [7, 11) is 0. The average Bonchev–Trinajstić information content (AvgIpc) is 3.54. The van der Waals surface area contributed by atoms with Gasteiger partial charge in [0.25, 0.3) is 0 Å². The number of carbonyl (C=O) groups excluding carboxylic acids is 4.